The maximum atomic E-state index is 11.6. The highest BCUT2D eigenvalue weighted by molar-refractivity contribution is 8.21. The van der Waals surface area contributed by atoms with E-state index < -0.39 is 0 Å². The van der Waals surface area contributed by atoms with Crippen molar-refractivity contribution >= 4 is 36.2 Å². The van der Waals surface area contributed by atoms with Crippen molar-refractivity contribution in [3.8, 4) is 5.75 Å². The molecule has 1 spiro atoms. The molecule has 0 radical (unpaired) electrons. The van der Waals surface area contributed by atoms with Gasteiger partial charge < -0.3 is 10.2 Å². The minimum Gasteiger partial charge on any atom is -0.508 e. The summed E-state index contributed by atoms with van der Waals surface area (Å²) in [6.07, 6.45) is 5.82. The average Bonchev–Trinajstić information content (AvgIpc) is 3.10. The molecular formula is C21H30O2S3. The van der Waals surface area contributed by atoms with Gasteiger partial charge in [0.05, 0.1) is 10.2 Å². The maximum Gasteiger partial charge on any atom is 0.115 e. The van der Waals surface area contributed by atoms with Gasteiger partial charge in [0.1, 0.15) is 5.75 Å². The summed E-state index contributed by atoms with van der Waals surface area (Å²) >= 11 is 9.23. The summed E-state index contributed by atoms with van der Waals surface area (Å²) in [7, 11) is 0. The molecule has 2 N–H and O–H groups in total. The van der Waals surface area contributed by atoms with Crippen LogP contribution in [0.4, 0.5) is 0 Å². The Morgan fingerprint density at radius 2 is 2.00 bits per heavy atom. The van der Waals surface area contributed by atoms with Gasteiger partial charge in [-0.25, -0.2) is 0 Å². The van der Waals surface area contributed by atoms with Crippen LogP contribution in [0.3, 0.4) is 0 Å². The number of aliphatic hydroxyl groups excluding tert-OH is 1. The number of rotatable bonds is 3. The maximum absolute atomic E-state index is 11.6. The minimum atomic E-state index is -0.387. The summed E-state index contributed by atoms with van der Waals surface area (Å²) in [5.74, 6) is 2.99. The fourth-order valence-electron chi connectivity index (χ4n) is 5.60. The predicted molar refractivity (Wildman–Crippen MR) is 117 cm³/mol. The molecule has 26 heavy (non-hydrogen) atoms. The molecule has 0 bridgehead atoms. The number of thioether (sulfide) groups is 2. The summed E-state index contributed by atoms with van der Waals surface area (Å²) in [5.41, 5.74) is 2.65. The number of aryl methyl sites for hydroxylation is 1. The fourth-order valence-corrected chi connectivity index (χ4v) is 9.90. The third-order valence-electron chi connectivity index (χ3n) is 7.22. The van der Waals surface area contributed by atoms with Crippen LogP contribution in [0.5, 0.6) is 5.75 Å². The molecule has 1 aromatic rings. The van der Waals surface area contributed by atoms with Crippen molar-refractivity contribution in [1.29, 1.82) is 0 Å². The molecule has 144 valence electrons. The molecule has 4 rings (SSSR count). The van der Waals surface area contributed by atoms with Gasteiger partial charge in [0, 0.05) is 16.3 Å². The number of aliphatic hydroxyl groups is 1. The molecule has 1 aromatic carbocycles. The molecule has 1 aliphatic heterocycles. The van der Waals surface area contributed by atoms with Crippen LogP contribution in [0.25, 0.3) is 0 Å². The van der Waals surface area contributed by atoms with E-state index in [4.69, 9.17) is 12.6 Å². The van der Waals surface area contributed by atoms with E-state index in [9.17, 15) is 10.2 Å². The molecule has 2 nitrogen and oxygen atoms in total. The van der Waals surface area contributed by atoms with Gasteiger partial charge in [0.25, 0.3) is 0 Å². The van der Waals surface area contributed by atoms with Gasteiger partial charge in [0.15, 0.2) is 0 Å². The summed E-state index contributed by atoms with van der Waals surface area (Å²) < 4.78 is -0.502. The van der Waals surface area contributed by atoms with E-state index in [1.165, 1.54) is 11.1 Å². The Labute approximate surface area is 171 Å². The third-order valence-corrected chi connectivity index (χ3v) is 11.7. The van der Waals surface area contributed by atoms with Crippen molar-refractivity contribution < 1.29 is 10.2 Å². The normalized spacial score (nSPS) is 38.2. The Kier molecular flexibility index (Phi) is 5.08. The first-order chi connectivity index (χ1) is 12.4. The molecule has 1 saturated heterocycles. The zero-order chi connectivity index (χ0) is 18.6. The topological polar surface area (TPSA) is 40.5 Å². The number of thiol groups is 1. The fraction of sp³-hybridized carbons (Fsp3) is 0.714. The summed E-state index contributed by atoms with van der Waals surface area (Å²) in [6.45, 7) is 4.59. The Morgan fingerprint density at radius 3 is 2.69 bits per heavy atom. The monoisotopic (exact) mass is 410 g/mol. The van der Waals surface area contributed by atoms with Gasteiger partial charge in [-0.05, 0) is 60.3 Å². The molecule has 2 fully saturated rings. The second kappa shape index (κ2) is 6.82. The highest BCUT2D eigenvalue weighted by Gasteiger charge is 2.66. The largest absolute Gasteiger partial charge is 0.508 e. The number of hydrogen-bond acceptors (Lipinski definition) is 5. The molecule has 1 saturated carbocycles. The van der Waals surface area contributed by atoms with Gasteiger partial charge in [0.2, 0.25) is 0 Å². The molecule has 5 heteroatoms. The van der Waals surface area contributed by atoms with Gasteiger partial charge >= 0.3 is 0 Å². The number of phenolic OH excluding ortho intramolecular Hbond substituents is 1. The Morgan fingerprint density at radius 1 is 1.27 bits per heavy atom. The van der Waals surface area contributed by atoms with Crippen LogP contribution in [0.15, 0.2) is 18.2 Å². The number of fused-ring (bicyclic) bond motifs is 3. The quantitative estimate of drug-likeness (QED) is 0.597. The Hall–Kier alpha value is 0.0300. The molecular weight excluding hydrogens is 380 g/mol. The number of benzene rings is 1. The van der Waals surface area contributed by atoms with E-state index in [0.29, 0.717) is 11.7 Å². The first-order valence-corrected chi connectivity index (χ1v) is 12.3. The lowest BCUT2D eigenvalue weighted by Gasteiger charge is -2.63. The predicted octanol–water partition coefficient (Wildman–Crippen LogP) is 5.23. The number of unbranched alkanes of at least 4 members (excludes halogenated alkanes) is 1. The number of aromatic hydroxyl groups is 1. The van der Waals surface area contributed by atoms with E-state index in [0.717, 1.165) is 50.0 Å². The van der Waals surface area contributed by atoms with E-state index in [-0.39, 0.29) is 20.3 Å². The van der Waals surface area contributed by atoms with Crippen molar-refractivity contribution in [3.05, 3.63) is 29.3 Å². The summed E-state index contributed by atoms with van der Waals surface area (Å²) in [6, 6.07) is 5.92. The Bertz CT molecular complexity index is 688. The van der Waals surface area contributed by atoms with Crippen LogP contribution in [0, 0.1) is 5.41 Å². The Balaban J connectivity index is 1.83. The van der Waals surface area contributed by atoms with Crippen molar-refractivity contribution in [2.75, 3.05) is 11.5 Å². The van der Waals surface area contributed by atoms with Gasteiger partial charge in [-0.1, -0.05) is 32.8 Å². The second-order valence-corrected chi connectivity index (χ2v) is 12.4. The standard InChI is InChI=1S/C21H30O2S3/c1-3-4-8-20(24)18(23)21(25-10-11-26-21)13-17-16-6-5-15(22)12-14(16)7-9-19(17,20)2/h5-6,12,17-18,22-24H,3-4,7-11,13H2,1-2H3/t17-,18?,19-,20-/m1/s1. The lowest BCUT2D eigenvalue weighted by molar-refractivity contribution is -0.0237. The van der Waals surface area contributed by atoms with Gasteiger partial charge in [-0.3, -0.25) is 0 Å². The molecule has 0 amide bonds. The first kappa shape index (κ1) is 19.4. The zero-order valence-electron chi connectivity index (χ0n) is 15.7. The van der Waals surface area contributed by atoms with Crippen LogP contribution in [-0.4, -0.2) is 36.6 Å². The van der Waals surface area contributed by atoms with Crippen LogP contribution in [-0.2, 0) is 6.42 Å². The van der Waals surface area contributed by atoms with E-state index in [1.807, 2.05) is 35.7 Å². The number of phenols is 1. The van der Waals surface area contributed by atoms with Gasteiger partial charge in [-0.2, -0.15) is 12.6 Å². The molecule has 2 aliphatic carbocycles. The minimum absolute atomic E-state index is 0.0242. The van der Waals surface area contributed by atoms with Crippen LogP contribution < -0.4 is 0 Å². The molecule has 0 aromatic heterocycles. The first-order valence-electron chi connectivity index (χ1n) is 9.86. The smallest absolute Gasteiger partial charge is 0.115 e. The summed E-state index contributed by atoms with van der Waals surface area (Å²) in [4.78, 5) is 0. The lowest BCUT2D eigenvalue weighted by atomic mass is 9.51. The highest BCUT2D eigenvalue weighted by atomic mass is 32.2. The van der Waals surface area contributed by atoms with E-state index >= 15 is 0 Å². The molecule has 4 atom stereocenters. The highest BCUT2D eigenvalue weighted by Crippen LogP contribution is 2.69. The van der Waals surface area contributed by atoms with Crippen LogP contribution in [0.1, 0.15) is 63.0 Å². The molecule has 3 aliphatic rings. The molecule has 1 unspecified atom stereocenters. The van der Waals surface area contributed by atoms with E-state index in [1.54, 1.807) is 0 Å². The van der Waals surface area contributed by atoms with Crippen LogP contribution >= 0.6 is 36.2 Å². The molecule has 1 heterocycles. The van der Waals surface area contributed by atoms with Crippen molar-refractivity contribution in [2.24, 2.45) is 5.41 Å². The van der Waals surface area contributed by atoms with Crippen LogP contribution in [0.2, 0.25) is 0 Å². The second-order valence-electron chi connectivity index (χ2n) is 8.50. The van der Waals surface area contributed by atoms with Crippen molar-refractivity contribution in [3.63, 3.8) is 0 Å². The number of hydrogen-bond donors (Lipinski definition) is 3. The summed E-state index contributed by atoms with van der Waals surface area (Å²) in [5, 5.41) is 21.6. The van der Waals surface area contributed by atoms with E-state index in [2.05, 4.69) is 19.9 Å². The van der Waals surface area contributed by atoms with Crippen molar-refractivity contribution in [2.45, 2.75) is 73.2 Å². The average molecular weight is 411 g/mol. The van der Waals surface area contributed by atoms with Gasteiger partial charge in [-0.15, -0.1) is 23.5 Å². The zero-order valence-corrected chi connectivity index (χ0v) is 18.2. The SMILES string of the molecule is CCCC[C@@]1(S)C(O)C2(C[C@@H]3c4ccc(O)cc4CC[C@]31C)SCCS2. The van der Waals surface area contributed by atoms with Crippen molar-refractivity contribution in [1.82, 2.24) is 0 Å². The third kappa shape index (κ3) is 2.67. The lowest BCUT2D eigenvalue weighted by Crippen LogP contribution is -2.65.